The molecule has 2 nitrogen and oxygen atoms in total. The maximum absolute atomic E-state index is 4.59. The Morgan fingerprint density at radius 1 is 1.21 bits per heavy atom. The molecule has 0 bridgehead atoms. The molecule has 0 aromatic heterocycles. The van der Waals surface area contributed by atoms with E-state index in [1.165, 1.54) is 5.56 Å². The highest BCUT2D eigenvalue weighted by Crippen LogP contribution is 2.37. The van der Waals surface area contributed by atoms with Gasteiger partial charge >= 0.3 is 0 Å². The number of hydrogen-bond donors (Lipinski definition) is 0. The zero-order valence-corrected chi connectivity index (χ0v) is 7.94. The zero-order valence-electron chi connectivity index (χ0n) is 7.94. The summed E-state index contributed by atoms with van der Waals surface area (Å²) in [5, 5.41) is 0. The van der Waals surface area contributed by atoms with Gasteiger partial charge in [0.05, 0.1) is 23.0 Å². The van der Waals surface area contributed by atoms with E-state index in [-0.39, 0.29) is 0 Å². The van der Waals surface area contributed by atoms with Crippen molar-refractivity contribution in [2.24, 2.45) is 9.98 Å². The molecular formula is C12H10N2. The van der Waals surface area contributed by atoms with Crippen molar-refractivity contribution < 1.29 is 0 Å². The summed E-state index contributed by atoms with van der Waals surface area (Å²) in [5.41, 5.74) is 4.53. The molecular weight excluding hydrogens is 172 g/mol. The van der Waals surface area contributed by atoms with E-state index in [4.69, 9.17) is 0 Å². The standard InChI is InChI=1S/C12H10N2/c1-8-12-10(6-7-13-8)9-4-2-3-5-11(9)14-12/h2-7,10H,1H3. The van der Waals surface area contributed by atoms with Gasteiger partial charge in [-0.05, 0) is 18.6 Å². The lowest BCUT2D eigenvalue weighted by atomic mass is 9.92. The van der Waals surface area contributed by atoms with Crippen molar-refractivity contribution in [3.05, 3.63) is 42.1 Å². The highest BCUT2D eigenvalue weighted by atomic mass is 14.9. The van der Waals surface area contributed by atoms with Crippen LogP contribution >= 0.6 is 0 Å². The van der Waals surface area contributed by atoms with Crippen molar-refractivity contribution in [3.63, 3.8) is 0 Å². The fourth-order valence-electron chi connectivity index (χ4n) is 2.01. The average molecular weight is 182 g/mol. The summed E-state index contributed by atoms with van der Waals surface area (Å²) in [7, 11) is 0. The SMILES string of the molecule is CC1=NC=CC2C1=Nc1ccccc12. The molecule has 2 heterocycles. The van der Waals surface area contributed by atoms with Crippen LogP contribution in [0.4, 0.5) is 5.69 Å². The fourth-order valence-corrected chi connectivity index (χ4v) is 2.01. The van der Waals surface area contributed by atoms with Gasteiger partial charge in [0.2, 0.25) is 0 Å². The van der Waals surface area contributed by atoms with Gasteiger partial charge in [-0.15, -0.1) is 0 Å². The van der Waals surface area contributed by atoms with Crippen LogP contribution in [0.2, 0.25) is 0 Å². The van der Waals surface area contributed by atoms with Gasteiger partial charge in [0, 0.05) is 6.20 Å². The first-order valence-electron chi connectivity index (χ1n) is 4.75. The van der Waals surface area contributed by atoms with E-state index < -0.39 is 0 Å². The lowest BCUT2D eigenvalue weighted by Crippen LogP contribution is -2.17. The van der Waals surface area contributed by atoms with Gasteiger partial charge in [-0.2, -0.15) is 0 Å². The summed E-state index contributed by atoms with van der Waals surface area (Å²) in [5.74, 6) is 0.337. The van der Waals surface area contributed by atoms with Crippen molar-refractivity contribution in [1.82, 2.24) is 0 Å². The van der Waals surface area contributed by atoms with Crippen LogP contribution < -0.4 is 0 Å². The van der Waals surface area contributed by atoms with Crippen LogP contribution in [-0.2, 0) is 0 Å². The van der Waals surface area contributed by atoms with Crippen molar-refractivity contribution in [3.8, 4) is 0 Å². The monoisotopic (exact) mass is 182 g/mol. The predicted molar refractivity (Wildman–Crippen MR) is 58.5 cm³/mol. The van der Waals surface area contributed by atoms with Gasteiger partial charge in [-0.3, -0.25) is 9.98 Å². The molecule has 0 saturated heterocycles. The molecule has 14 heavy (non-hydrogen) atoms. The molecule has 0 amide bonds. The fraction of sp³-hybridized carbons (Fsp3) is 0.167. The Morgan fingerprint density at radius 3 is 3.00 bits per heavy atom. The molecule has 2 aliphatic heterocycles. The Hall–Kier alpha value is -1.70. The summed E-state index contributed by atoms with van der Waals surface area (Å²) in [6.07, 6.45) is 3.98. The van der Waals surface area contributed by atoms with E-state index in [2.05, 4.69) is 34.3 Å². The summed E-state index contributed by atoms with van der Waals surface area (Å²) < 4.78 is 0. The van der Waals surface area contributed by atoms with E-state index >= 15 is 0 Å². The highest BCUT2D eigenvalue weighted by molar-refractivity contribution is 6.46. The smallest absolute Gasteiger partial charge is 0.0736 e. The molecule has 1 aromatic rings. The molecule has 0 N–H and O–H groups in total. The van der Waals surface area contributed by atoms with Crippen LogP contribution in [0.1, 0.15) is 18.4 Å². The van der Waals surface area contributed by atoms with E-state index in [0.717, 1.165) is 17.1 Å². The van der Waals surface area contributed by atoms with Gasteiger partial charge in [-0.25, -0.2) is 0 Å². The van der Waals surface area contributed by atoms with Gasteiger partial charge in [0.1, 0.15) is 0 Å². The van der Waals surface area contributed by atoms with Crippen LogP contribution in [-0.4, -0.2) is 11.4 Å². The number of aliphatic imine (C=N–C) groups is 2. The van der Waals surface area contributed by atoms with Crippen LogP contribution in [0, 0.1) is 0 Å². The second-order valence-corrected chi connectivity index (χ2v) is 3.59. The molecule has 0 radical (unpaired) electrons. The zero-order chi connectivity index (χ0) is 9.54. The lowest BCUT2D eigenvalue weighted by Gasteiger charge is -2.12. The van der Waals surface area contributed by atoms with Gasteiger partial charge in [0.25, 0.3) is 0 Å². The van der Waals surface area contributed by atoms with Crippen molar-refractivity contribution >= 4 is 17.1 Å². The highest BCUT2D eigenvalue weighted by Gasteiger charge is 2.27. The van der Waals surface area contributed by atoms with Gasteiger partial charge in [0.15, 0.2) is 0 Å². The largest absolute Gasteiger partial charge is 0.260 e. The molecule has 68 valence electrons. The molecule has 0 fully saturated rings. The minimum Gasteiger partial charge on any atom is -0.260 e. The third kappa shape index (κ3) is 0.909. The van der Waals surface area contributed by atoms with Crippen molar-refractivity contribution in [2.45, 2.75) is 12.8 Å². The quantitative estimate of drug-likeness (QED) is 0.589. The number of para-hydroxylation sites is 1. The van der Waals surface area contributed by atoms with Crippen LogP contribution in [0.15, 0.2) is 46.5 Å². The molecule has 3 rings (SSSR count). The lowest BCUT2D eigenvalue weighted by molar-refractivity contribution is 1.17. The second-order valence-electron chi connectivity index (χ2n) is 3.59. The van der Waals surface area contributed by atoms with Crippen LogP contribution in [0.25, 0.3) is 0 Å². The Bertz CT molecular complexity index is 481. The van der Waals surface area contributed by atoms with Crippen molar-refractivity contribution in [1.29, 1.82) is 0 Å². The predicted octanol–water partition coefficient (Wildman–Crippen LogP) is 2.84. The molecule has 0 saturated carbocycles. The molecule has 2 aliphatic rings. The molecule has 1 aromatic carbocycles. The first-order valence-corrected chi connectivity index (χ1v) is 4.75. The first kappa shape index (κ1) is 7.68. The average Bonchev–Trinajstić information content (AvgIpc) is 2.59. The van der Waals surface area contributed by atoms with E-state index in [9.17, 15) is 0 Å². The number of nitrogens with zero attached hydrogens (tertiary/aromatic N) is 2. The number of benzene rings is 1. The van der Waals surface area contributed by atoms with Crippen LogP contribution in [0.5, 0.6) is 0 Å². The number of hydrogen-bond acceptors (Lipinski definition) is 2. The summed E-state index contributed by atoms with van der Waals surface area (Å²) >= 11 is 0. The molecule has 0 spiro atoms. The van der Waals surface area contributed by atoms with Gasteiger partial charge in [-0.1, -0.05) is 24.3 Å². The third-order valence-electron chi connectivity index (χ3n) is 2.72. The topological polar surface area (TPSA) is 24.7 Å². The third-order valence-corrected chi connectivity index (χ3v) is 2.72. The Morgan fingerprint density at radius 2 is 2.07 bits per heavy atom. The van der Waals surface area contributed by atoms with Crippen molar-refractivity contribution in [2.75, 3.05) is 0 Å². The summed E-state index contributed by atoms with van der Waals surface area (Å²) in [6, 6.07) is 8.28. The van der Waals surface area contributed by atoms with Gasteiger partial charge < -0.3 is 0 Å². The molecule has 1 atom stereocenters. The maximum Gasteiger partial charge on any atom is 0.0736 e. The summed E-state index contributed by atoms with van der Waals surface area (Å²) in [4.78, 5) is 8.85. The molecule has 1 unspecified atom stereocenters. The number of allylic oxidation sites excluding steroid dienone is 1. The first-order chi connectivity index (χ1) is 6.86. The number of rotatable bonds is 0. The maximum atomic E-state index is 4.59. The van der Waals surface area contributed by atoms with E-state index in [0.29, 0.717) is 5.92 Å². The van der Waals surface area contributed by atoms with E-state index in [1.807, 2.05) is 19.2 Å². The normalized spacial score (nSPS) is 22.5. The minimum absolute atomic E-state index is 0.337. The van der Waals surface area contributed by atoms with E-state index in [1.54, 1.807) is 0 Å². The Kier molecular flexibility index (Phi) is 1.45. The Labute approximate surface area is 82.7 Å². The minimum atomic E-state index is 0.337. The summed E-state index contributed by atoms with van der Waals surface area (Å²) in [6.45, 7) is 2.02. The Balaban J connectivity index is 2.21. The number of fused-ring (bicyclic) bond motifs is 3. The molecule has 0 aliphatic carbocycles. The van der Waals surface area contributed by atoms with Crippen LogP contribution in [0.3, 0.4) is 0 Å². The second kappa shape index (κ2) is 2.64. The molecule has 2 heteroatoms.